The van der Waals surface area contributed by atoms with E-state index in [2.05, 4.69) is 20.6 Å². The van der Waals surface area contributed by atoms with Crippen LogP contribution in [0, 0.1) is 6.92 Å². The average Bonchev–Trinajstić information content (AvgIpc) is 2.98. The number of carbonyl (C=O) groups is 1. The number of benzene rings is 1. The molecular weight excluding hydrogens is 370 g/mol. The first-order valence-corrected chi connectivity index (χ1v) is 8.61. The Morgan fingerprint density at radius 1 is 1.30 bits per heavy atom. The molecule has 1 amide bonds. The fraction of sp³-hybridized carbons (Fsp3) is 0.222. The molecule has 0 saturated carbocycles. The number of ether oxygens (including phenoxy) is 1. The minimum atomic E-state index is -0.225. The lowest BCUT2D eigenvalue weighted by Crippen LogP contribution is -2.25. The van der Waals surface area contributed by atoms with E-state index in [1.807, 2.05) is 6.92 Å². The second kappa shape index (κ2) is 6.55. The number of hydrogen-bond donors (Lipinski definition) is 2. The Balaban J connectivity index is 1.85. The molecule has 0 fully saturated rings. The zero-order valence-corrected chi connectivity index (χ0v) is 15.4. The molecule has 27 heavy (non-hydrogen) atoms. The molecule has 0 saturated heterocycles. The van der Waals surface area contributed by atoms with Crippen LogP contribution in [0.15, 0.2) is 30.3 Å². The Kier molecular flexibility index (Phi) is 4.19. The van der Waals surface area contributed by atoms with Gasteiger partial charge in [0.2, 0.25) is 5.91 Å². The van der Waals surface area contributed by atoms with Gasteiger partial charge in [-0.1, -0.05) is 17.7 Å². The van der Waals surface area contributed by atoms with E-state index in [9.17, 15) is 9.90 Å². The molecule has 2 aromatic heterocycles. The molecule has 1 atom stereocenters. The highest BCUT2D eigenvalue weighted by atomic mass is 35.5. The number of nitrogens with zero attached hydrogens (tertiary/aromatic N) is 4. The summed E-state index contributed by atoms with van der Waals surface area (Å²) in [6.45, 7) is 1.88. The molecule has 1 aromatic carbocycles. The van der Waals surface area contributed by atoms with Gasteiger partial charge in [0.25, 0.3) is 0 Å². The van der Waals surface area contributed by atoms with E-state index in [4.69, 9.17) is 16.3 Å². The van der Waals surface area contributed by atoms with Gasteiger partial charge in [0.1, 0.15) is 5.82 Å². The van der Waals surface area contributed by atoms with E-state index < -0.39 is 0 Å². The first kappa shape index (κ1) is 17.3. The number of nitrogens with one attached hydrogen (secondary N) is 1. The number of aryl methyl sites for hydroxylation is 1. The number of carbonyl (C=O) groups excluding carboxylic acids is 1. The highest BCUT2D eigenvalue weighted by Gasteiger charge is 2.33. The highest BCUT2D eigenvalue weighted by molar-refractivity contribution is 6.29. The lowest BCUT2D eigenvalue weighted by atomic mass is 9.85. The van der Waals surface area contributed by atoms with Crippen LogP contribution in [0.25, 0.3) is 5.82 Å². The van der Waals surface area contributed by atoms with Crippen molar-refractivity contribution in [3.8, 4) is 17.3 Å². The highest BCUT2D eigenvalue weighted by Crippen LogP contribution is 2.42. The minimum absolute atomic E-state index is 0.0468. The fourth-order valence-electron chi connectivity index (χ4n) is 3.33. The summed E-state index contributed by atoms with van der Waals surface area (Å²) in [7, 11) is 1.49. The number of aromatic nitrogens is 4. The number of halogens is 1. The maximum Gasteiger partial charge on any atom is 0.226 e. The van der Waals surface area contributed by atoms with Crippen molar-refractivity contribution in [1.29, 1.82) is 0 Å². The molecule has 138 valence electrons. The normalized spacial score (nSPS) is 16.0. The van der Waals surface area contributed by atoms with Crippen LogP contribution in [-0.2, 0) is 4.79 Å². The Morgan fingerprint density at radius 3 is 2.81 bits per heavy atom. The lowest BCUT2D eigenvalue weighted by molar-refractivity contribution is -0.116. The number of phenols is 1. The van der Waals surface area contributed by atoms with Crippen molar-refractivity contribution in [2.75, 3.05) is 12.4 Å². The van der Waals surface area contributed by atoms with Crippen molar-refractivity contribution < 1.29 is 14.6 Å². The van der Waals surface area contributed by atoms with Crippen LogP contribution >= 0.6 is 11.6 Å². The summed E-state index contributed by atoms with van der Waals surface area (Å²) in [5, 5.41) is 25.4. The zero-order chi connectivity index (χ0) is 19.1. The van der Waals surface area contributed by atoms with Gasteiger partial charge < -0.3 is 15.2 Å². The molecule has 9 heteroatoms. The van der Waals surface area contributed by atoms with Crippen molar-refractivity contribution in [3.63, 3.8) is 0 Å². The third-order valence-corrected chi connectivity index (χ3v) is 4.75. The van der Waals surface area contributed by atoms with Gasteiger partial charge in [-0.25, -0.2) is 0 Å². The summed E-state index contributed by atoms with van der Waals surface area (Å²) in [5.74, 6) is 1.05. The topological polar surface area (TPSA) is 102 Å². The maximum absolute atomic E-state index is 12.4. The van der Waals surface area contributed by atoms with Gasteiger partial charge in [-0.3, -0.25) is 4.79 Å². The Hall–Kier alpha value is -3.13. The van der Waals surface area contributed by atoms with Gasteiger partial charge >= 0.3 is 0 Å². The van der Waals surface area contributed by atoms with E-state index in [-0.39, 0.29) is 29.1 Å². The van der Waals surface area contributed by atoms with E-state index in [1.165, 1.54) is 7.11 Å². The van der Waals surface area contributed by atoms with Gasteiger partial charge in [-0.2, -0.15) is 9.78 Å². The van der Waals surface area contributed by atoms with E-state index in [0.29, 0.717) is 17.4 Å². The fourth-order valence-corrected chi connectivity index (χ4v) is 3.43. The number of aromatic hydroxyl groups is 1. The van der Waals surface area contributed by atoms with Gasteiger partial charge in [-0.05, 0) is 36.8 Å². The first-order chi connectivity index (χ1) is 13.0. The maximum atomic E-state index is 12.4. The number of fused-ring (bicyclic) bond motifs is 1. The first-order valence-electron chi connectivity index (χ1n) is 8.23. The van der Waals surface area contributed by atoms with Crippen LogP contribution in [0.3, 0.4) is 0 Å². The summed E-state index contributed by atoms with van der Waals surface area (Å²) < 4.78 is 6.76. The molecule has 0 unspecified atom stereocenters. The number of phenolic OH excluding ortho intramolecular Hbond substituents is 1. The van der Waals surface area contributed by atoms with Gasteiger partial charge in [0.05, 0.1) is 12.8 Å². The number of amides is 1. The summed E-state index contributed by atoms with van der Waals surface area (Å²) in [4.78, 5) is 12.4. The molecule has 3 aromatic rings. The SMILES string of the molecule is COc1cc([C@@H]2CC(=O)Nc3c2c(C)nn3-c2ccc(Cl)nn2)ccc1O. The molecule has 3 heterocycles. The standard InChI is InChI=1S/C18H16ClN5O3/c1-9-17-11(10-3-4-12(25)13(7-10)27-2)8-16(26)20-18(17)24(23-9)15-6-5-14(19)21-22-15/h3-7,11,25H,8H2,1-2H3,(H,20,26)/t11-/m0/s1. The van der Waals surface area contributed by atoms with Crippen molar-refractivity contribution >= 4 is 23.3 Å². The Morgan fingerprint density at radius 2 is 2.11 bits per heavy atom. The van der Waals surface area contributed by atoms with Crippen LogP contribution in [-0.4, -0.2) is 38.1 Å². The second-order valence-corrected chi connectivity index (χ2v) is 6.60. The molecule has 2 N–H and O–H groups in total. The van der Waals surface area contributed by atoms with Crippen LogP contribution in [0.1, 0.15) is 29.2 Å². The minimum Gasteiger partial charge on any atom is -0.504 e. The van der Waals surface area contributed by atoms with E-state index >= 15 is 0 Å². The largest absolute Gasteiger partial charge is 0.504 e. The van der Waals surface area contributed by atoms with Crippen LogP contribution in [0.4, 0.5) is 5.82 Å². The summed E-state index contributed by atoms with van der Waals surface area (Å²) in [6, 6.07) is 8.37. The summed E-state index contributed by atoms with van der Waals surface area (Å²) in [5.41, 5.74) is 2.50. The molecule has 1 aliphatic rings. The molecule has 8 nitrogen and oxygen atoms in total. The molecule has 0 spiro atoms. The van der Waals surface area contributed by atoms with Crippen molar-refractivity contribution in [2.45, 2.75) is 19.3 Å². The number of rotatable bonds is 3. The molecule has 0 bridgehead atoms. The number of hydrogen-bond acceptors (Lipinski definition) is 6. The summed E-state index contributed by atoms with van der Waals surface area (Å²) >= 11 is 5.81. The smallest absolute Gasteiger partial charge is 0.226 e. The van der Waals surface area contributed by atoms with Crippen LogP contribution in [0.2, 0.25) is 5.15 Å². The third kappa shape index (κ3) is 2.97. The molecule has 0 aliphatic carbocycles. The van der Waals surface area contributed by atoms with Crippen molar-refractivity contribution in [3.05, 3.63) is 52.3 Å². The third-order valence-electron chi connectivity index (χ3n) is 4.54. The monoisotopic (exact) mass is 385 g/mol. The molecule has 1 aliphatic heterocycles. The van der Waals surface area contributed by atoms with Gasteiger partial charge in [-0.15, -0.1) is 10.2 Å². The molecule has 4 rings (SSSR count). The van der Waals surface area contributed by atoms with E-state index in [1.54, 1.807) is 35.0 Å². The van der Waals surface area contributed by atoms with Gasteiger partial charge in [0, 0.05) is 17.9 Å². The number of anilines is 1. The van der Waals surface area contributed by atoms with Crippen LogP contribution in [0.5, 0.6) is 11.5 Å². The predicted octanol–water partition coefficient (Wildman–Crippen LogP) is 2.81. The molecule has 0 radical (unpaired) electrons. The van der Waals surface area contributed by atoms with Crippen molar-refractivity contribution in [2.24, 2.45) is 0 Å². The predicted molar refractivity (Wildman–Crippen MR) is 98.6 cm³/mol. The average molecular weight is 386 g/mol. The Labute approximate surface area is 159 Å². The van der Waals surface area contributed by atoms with E-state index in [0.717, 1.165) is 16.8 Å². The number of methoxy groups -OCH3 is 1. The van der Waals surface area contributed by atoms with Gasteiger partial charge in [0.15, 0.2) is 22.5 Å². The molecular formula is C18H16ClN5O3. The van der Waals surface area contributed by atoms with Crippen LogP contribution < -0.4 is 10.1 Å². The van der Waals surface area contributed by atoms with Crippen molar-refractivity contribution in [1.82, 2.24) is 20.0 Å². The quantitative estimate of drug-likeness (QED) is 0.718. The lowest BCUT2D eigenvalue weighted by Gasteiger charge is -2.24. The second-order valence-electron chi connectivity index (χ2n) is 6.21. The zero-order valence-electron chi connectivity index (χ0n) is 14.6. The summed E-state index contributed by atoms with van der Waals surface area (Å²) in [6.07, 6.45) is 0.264. The Bertz CT molecular complexity index is 1030.